The topological polar surface area (TPSA) is 38.3 Å². The van der Waals surface area contributed by atoms with Gasteiger partial charge in [-0.1, -0.05) is 0 Å². The molecule has 0 radical (unpaired) electrons. The van der Waals surface area contributed by atoms with Crippen molar-refractivity contribution in [3.8, 4) is 0 Å². The monoisotopic (exact) mass is 215 g/mol. The molecular formula is C10H17NO2S. The summed E-state index contributed by atoms with van der Waals surface area (Å²) in [5.74, 6) is 0.418. The smallest absolute Gasteiger partial charge is 0.315 e. The van der Waals surface area contributed by atoms with Crippen LogP contribution in [0.25, 0.3) is 0 Å². The Morgan fingerprint density at radius 1 is 1.43 bits per heavy atom. The number of thioether (sulfide) groups is 1. The molecule has 2 bridgehead atoms. The van der Waals surface area contributed by atoms with Gasteiger partial charge in [0, 0.05) is 17.3 Å². The Morgan fingerprint density at radius 2 is 2.07 bits per heavy atom. The van der Waals surface area contributed by atoms with Crippen LogP contribution in [0.1, 0.15) is 25.7 Å². The molecule has 0 aliphatic carbocycles. The summed E-state index contributed by atoms with van der Waals surface area (Å²) in [6.07, 6.45) is 5.08. The molecule has 0 aromatic heterocycles. The Morgan fingerprint density at radius 3 is 2.64 bits per heavy atom. The molecule has 2 fully saturated rings. The van der Waals surface area contributed by atoms with Crippen LogP contribution in [-0.4, -0.2) is 36.2 Å². The maximum atomic E-state index is 11.0. The third-order valence-electron chi connectivity index (χ3n) is 3.09. The van der Waals surface area contributed by atoms with E-state index < -0.39 is 0 Å². The van der Waals surface area contributed by atoms with Gasteiger partial charge in [0.25, 0.3) is 0 Å². The lowest BCUT2D eigenvalue weighted by molar-refractivity contribution is -0.137. The van der Waals surface area contributed by atoms with Gasteiger partial charge in [-0.15, -0.1) is 11.8 Å². The zero-order valence-electron chi connectivity index (χ0n) is 8.49. The Kier molecular flexibility index (Phi) is 3.34. The predicted molar refractivity (Wildman–Crippen MR) is 57.4 cm³/mol. The molecule has 2 atom stereocenters. The van der Waals surface area contributed by atoms with Gasteiger partial charge < -0.3 is 10.1 Å². The lowest BCUT2D eigenvalue weighted by Gasteiger charge is -2.28. The van der Waals surface area contributed by atoms with Gasteiger partial charge in [-0.25, -0.2) is 0 Å². The van der Waals surface area contributed by atoms with Gasteiger partial charge in [-0.2, -0.15) is 0 Å². The molecule has 0 saturated carbocycles. The van der Waals surface area contributed by atoms with E-state index in [9.17, 15) is 4.79 Å². The van der Waals surface area contributed by atoms with Crippen LogP contribution >= 0.6 is 11.8 Å². The van der Waals surface area contributed by atoms with Crippen molar-refractivity contribution < 1.29 is 9.53 Å². The van der Waals surface area contributed by atoms with Crippen molar-refractivity contribution in [2.45, 2.75) is 43.0 Å². The summed E-state index contributed by atoms with van der Waals surface area (Å²) in [5.41, 5.74) is 0. The molecule has 0 aromatic rings. The van der Waals surface area contributed by atoms with E-state index in [0.717, 1.165) is 0 Å². The average Bonchev–Trinajstić information content (AvgIpc) is 2.54. The van der Waals surface area contributed by atoms with E-state index in [2.05, 4.69) is 10.1 Å². The van der Waals surface area contributed by atoms with Crippen LogP contribution in [0.4, 0.5) is 0 Å². The molecular weight excluding hydrogens is 198 g/mol. The van der Waals surface area contributed by atoms with Crippen molar-refractivity contribution in [2.75, 3.05) is 12.9 Å². The average molecular weight is 215 g/mol. The van der Waals surface area contributed by atoms with Crippen molar-refractivity contribution >= 4 is 17.7 Å². The van der Waals surface area contributed by atoms with Gasteiger partial charge in [0.15, 0.2) is 0 Å². The summed E-state index contributed by atoms with van der Waals surface area (Å²) < 4.78 is 4.64. The van der Waals surface area contributed by atoms with Gasteiger partial charge in [-0.3, -0.25) is 4.79 Å². The largest absolute Gasteiger partial charge is 0.468 e. The molecule has 0 unspecified atom stereocenters. The number of hydrogen-bond acceptors (Lipinski definition) is 4. The molecule has 2 saturated heterocycles. The SMILES string of the molecule is COC(=O)CSC1C[C@H]2CC[C@H](C1)N2. The lowest BCUT2D eigenvalue weighted by Crippen LogP contribution is -2.39. The van der Waals surface area contributed by atoms with E-state index in [1.807, 2.05) is 0 Å². The quantitative estimate of drug-likeness (QED) is 0.717. The second-order valence-electron chi connectivity index (χ2n) is 4.12. The van der Waals surface area contributed by atoms with Gasteiger partial charge in [-0.05, 0) is 25.7 Å². The molecule has 3 nitrogen and oxygen atoms in total. The van der Waals surface area contributed by atoms with Crippen LogP contribution in [0.5, 0.6) is 0 Å². The van der Waals surface area contributed by atoms with E-state index in [-0.39, 0.29) is 5.97 Å². The van der Waals surface area contributed by atoms with E-state index in [1.165, 1.54) is 32.8 Å². The minimum absolute atomic E-state index is 0.0964. The van der Waals surface area contributed by atoms with E-state index in [0.29, 0.717) is 23.1 Å². The zero-order valence-corrected chi connectivity index (χ0v) is 9.31. The normalized spacial score (nSPS) is 35.6. The number of rotatable bonds is 3. The maximum Gasteiger partial charge on any atom is 0.315 e. The third-order valence-corrected chi connectivity index (χ3v) is 4.35. The lowest BCUT2D eigenvalue weighted by atomic mass is 10.1. The van der Waals surface area contributed by atoms with E-state index in [1.54, 1.807) is 11.8 Å². The predicted octanol–water partition coefficient (Wildman–Crippen LogP) is 1.18. The van der Waals surface area contributed by atoms with Gasteiger partial charge in [0.05, 0.1) is 12.9 Å². The molecule has 80 valence electrons. The van der Waals surface area contributed by atoms with Crippen LogP contribution in [0.15, 0.2) is 0 Å². The molecule has 0 aromatic carbocycles. The highest BCUT2D eigenvalue weighted by molar-refractivity contribution is 8.00. The summed E-state index contributed by atoms with van der Waals surface area (Å²) in [7, 11) is 1.45. The van der Waals surface area contributed by atoms with E-state index in [4.69, 9.17) is 0 Å². The molecule has 14 heavy (non-hydrogen) atoms. The number of carbonyl (C=O) groups is 1. The van der Waals surface area contributed by atoms with Gasteiger partial charge in [0.1, 0.15) is 0 Å². The molecule has 0 spiro atoms. The number of esters is 1. The Hall–Kier alpha value is -0.220. The second kappa shape index (κ2) is 4.53. The molecule has 2 aliphatic heterocycles. The number of fused-ring (bicyclic) bond motifs is 2. The van der Waals surface area contributed by atoms with Crippen LogP contribution < -0.4 is 5.32 Å². The van der Waals surface area contributed by atoms with Crippen molar-refractivity contribution in [3.63, 3.8) is 0 Å². The molecule has 2 aliphatic rings. The van der Waals surface area contributed by atoms with Crippen LogP contribution in [0.3, 0.4) is 0 Å². The maximum absolute atomic E-state index is 11.0. The molecule has 0 amide bonds. The summed E-state index contributed by atoms with van der Waals surface area (Å²) >= 11 is 1.76. The van der Waals surface area contributed by atoms with Gasteiger partial charge >= 0.3 is 5.97 Å². The number of hydrogen-bond donors (Lipinski definition) is 1. The third kappa shape index (κ3) is 2.42. The summed E-state index contributed by atoms with van der Waals surface area (Å²) in [5, 5.41) is 4.25. The highest BCUT2D eigenvalue weighted by Crippen LogP contribution is 2.33. The Labute approximate surface area is 89.0 Å². The van der Waals surface area contributed by atoms with Gasteiger partial charge in [0.2, 0.25) is 0 Å². The fourth-order valence-corrected chi connectivity index (χ4v) is 3.61. The van der Waals surface area contributed by atoms with Crippen molar-refractivity contribution in [2.24, 2.45) is 0 Å². The first kappa shape index (κ1) is 10.3. The number of piperidine rings is 1. The number of nitrogens with one attached hydrogen (secondary N) is 1. The number of carbonyl (C=O) groups excluding carboxylic acids is 1. The minimum Gasteiger partial charge on any atom is -0.468 e. The minimum atomic E-state index is -0.0964. The Bertz CT molecular complexity index is 210. The standard InChI is InChI=1S/C10H17NO2S/c1-13-10(12)6-14-9-4-7-2-3-8(5-9)11-7/h7-9,11H,2-6H2,1H3/t7-,8-/m1/s1. The first-order valence-corrected chi connectivity index (χ1v) is 6.27. The van der Waals surface area contributed by atoms with Crippen LogP contribution in [0.2, 0.25) is 0 Å². The first-order chi connectivity index (χ1) is 6.78. The number of methoxy groups -OCH3 is 1. The summed E-state index contributed by atoms with van der Waals surface area (Å²) in [6, 6.07) is 1.42. The fraction of sp³-hybridized carbons (Fsp3) is 0.900. The number of ether oxygens (including phenoxy) is 1. The van der Waals surface area contributed by atoms with Crippen molar-refractivity contribution in [1.29, 1.82) is 0 Å². The second-order valence-corrected chi connectivity index (χ2v) is 5.41. The molecule has 2 rings (SSSR count). The van der Waals surface area contributed by atoms with E-state index >= 15 is 0 Å². The Balaban J connectivity index is 1.74. The van der Waals surface area contributed by atoms with Crippen LogP contribution in [-0.2, 0) is 9.53 Å². The summed E-state index contributed by atoms with van der Waals surface area (Å²) in [4.78, 5) is 11.0. The van der Waals surface area contributed by atoms with Crippen molar-refractivity contribution in [3.05, 3.63) is 0 Å². The highest BCUT2D eigenvalue weighted by Gasteiger charge is 2.33. The summed E-state index contributed by atoms with van der Waals surface area (Å²) in [6.45, 7) is 0. The molecule has 2 heterocycles. The van der Waals surface area contributed by atoms with Crippen molar-refractivity contribution in [1.82, 2.24) is 5.32 Å². The first-order valence-electron chi connectivity index (χ1n) is 5.22. The van der Waals surface area contributed by atoms with Crippen LogP contribution in [0, 0.1) is 0 Å². The molecule has 1 N–H and O–H groups in total. The fourth-order valence-electron chi connectivity index (χ4n) is 2.39. The highest BCUT2D eigenvalue weighted by atomic mass is 32.2. The molecule has 4 heteroatoms. The zero-order chi connectivity index (χ0) is 9.97.